The van der Waals surface area contributed by atoms with Crippen LogP contribution < -0.4 is 10.6 Å². The van der Waals surface area contributed by atoms with Crippen molar-refractivity contribution in [3.63, 3.8) is 0 Å². The zero-order chi connectivity index (χ0) is 20.4. The van der Waals surface area contributed by atoms with E-state index in [9.17, 15) is 14.4 Å². The molecule has 0 bridgehead atoms. The van der Waals surface area contributed by atoms with Crippen molar-refractivity contribution in [1.82, 2.24) is 20.4 Å². The lowest BCUT2D eigenvalue weighted by atomic mass is 9.96. The fraction of sp³-hybridized carbons (Fsp3) is 0.591. The van der Waals surface area contributed by atoms with Crippen LogP contribution in [0, 0.1) is 0 Å². The molecule has 3 aliphatic heterocycles. The summed E-state index contributed by atoms with van der Waals surface area (Å²) in [7, 11) is 1.99. The number of amides is 3. The van der Waals surface area contributed by atoms with Gasteiger partial charge in [0.25, 0.3) is 5.91 Å². The molecule has 0 radical (unpaired) electrons. The van der Waals surface area contributed by atoms with Gasteiger partial charge >= 0.3 is 0 Å². The van der Waals surface area contributed by atoms with Gasteiger partial charge in [0.15, 0.2) is 0 Å². The van der Waals surface area contributed by atoms with Crippen LogP contribution in [-0.4, -0.2) is 59.7 Å². The number of nitrogens with one attached hydrogen (secondary N) is 2. The number of fused-ring (bicyclic) bond motifs is 1. The summed E-state index contributed by atoms with van der Waals surface area (Å²) in [5, 5.41) is 5.63. The Morgan fingerprint density at radius 2 is 2.03 bits per heavy atom. The van der Waals surface area contributed by atoms with Crippen molar-refractivity contribution in [2.24, 2.45) is 0 Å². The first-order valence-corrected chi connectivity index (χ1v) is 10.7. The molecule has 4 rings (SSSR count). The summed E-state index contributed by atoms with van der Waals surface area (Å²) in [6.07, 6.45) is 5.53. The third-order valence-corrected chi connectivity index (χ3v) is 6.53. The summed E-state index contributed by atoms with van der Waals surface area (Å²) < 4.78 is 0. The normalized spacial score (nSPS) is 25.3. The van der Waals surface area contributed by atoms with Gasteiger partial charge in [0, 0.05) is 31.1 Å². The molecule has 0 aromatic heterocycles. The second-order valence-electron chi connectivity index (χ2n) is 8.36. The molecule has 156 valence electrons. The highest BCUT2D eigenvalue weighted by Crippen LogP contribution is 2.31. The Balaban J connectivity index is 1.52. The minimum absolute atomic E-state index is 0.0956. The minimum atomic E-state index is -0.557. The first-order valence-electron chi connectivity index (χ1n) is 10.7. The molecule has 3 aliphatic rings. The Labute approximate surface area is 171 Å². The van der Waals surface area contributed by atoms with Crippen molar-refractivity contribution in [1.29, 1.82) is 0 Å². The van der Waals surface area contributed by atoms with Crippen molar-refractivity contribution < 1.29 is 14.4 Å². The maximum absolute atomic E-state index is 13.0. The first-order chi connectivity index (χ1) is 14.1. The Hall–Kier alpha value is -2.25. The van der Waals surface area contributed by atoms with Gasteiger partial charge in [-0.05, 0) is 63.0 Å². The lowest BCUT2D eigenvalue weighted by Gasteiger charge is -2.36. The van der Waals surface area contributed by atoms with Crippen molar-refractivity contribution >= 4 is 17.7 Å². The highest BCUT2D eigenvalue weighted by atomic mass is 16.2. The summed E-state index contributed by atoms with van der Waals surface area (Å²) in [6.45, 7) is 3.39. The van der Waals surface area contributed by atoms with Gasteiger partial charge in [-0.1, -0.05) is 18.6 Å². The number of hydrogen-bond donors (Lipinski definition) is 2. The number of benzene rings is 1. The molecule has 3 amide bonds. The predicted octanol–water partition coefficient (Wildman–Crippen LogP) is 1.41. The lowest BCUT2D eigenvalue weighted by molar-refractivity contribution is -0.136. The van der Waals surface area contributed by atoms with E-state index in [2.05, 4.69) is 21.6 Å². The number of rotatable bonds is 6. The Morgan fingerprint density at radius 1 is 1.17 bits per heavy atom. The van der Waals surface area contributed by atoms with E-state index in [-0.39, 0.29) is 24.1 Å². The fourth-order valence-electron chi connectivity index (χ4n) is 4.92. The molecule has 29 heavy (non-hydrogen) atoms. The van der Waals surface area contributed by atoms with Gasteiger partial charge in [0.1, 0.15) is 6.04 Å². The molecule has 2 fully saturated rings. The third-order valence-electron chi connectivity index (χ3n) is 6.53. The highest BCUT2D eigenvalue weighted by Gasteiger charge is 2.40. The van der Waals surface area contributed by atoms with Crippen LogP contribution in [0.3, 0.4) is 0 Å². The summed E-state index contributed by atoms with van der Waals surface area (Å²) >= 11 is 0. The maximum Gasteiger partial charge on any atom is 0.255 e. The average Bonchev–Trinajstić information content (AvgIpc) is 3.05. The molecule has 0 aliphatic carbocycles. The van der Waals surface area contributed by atoms with Crippen LogP contribution in [0.25, 0.3) is 0 Å². The van der Waals surface area contributed by atoms with E-state index in [0.717, 1.165) is 31.6 Å². The van der Waals surface area contributed by atoms with E-state index >= 15 is 0 Å². The van der Waals surface area contributed by atoms with Crippen LogP contribution in [0.15, 0.2) is 18.2 Å². The Kier molecular flexibility index (Phi) is 5.96. The summed E-state index contributed by atoms with van der Waals surface area (Å²) in [5.74, 6) is -0.706. The van der Waals surface area contributed by atoms with Crippen LogP contribution in [0.2, 0.25) is 0 Å². The van der Waals surface area contributed by atoms with Gasteiger partial charge in [-0.15, -0.1) is 0 Å². The smallest absolute Gasteiger partial charge is 0.255 e. The predicted molar refractivity (Wildman–Crippen MR) is 109 cm³/mol. The fourth-order valence-corrected chi connectivity index (χ4v) is 4.92. The number of nitrogens with zero attached hydrogens (tertiary/aromatic N) is 2. The monoisotopic (exact) mass is 398 g/mol. The second-order valence-corrected chi connectivity index (χ2v) is 8.36. The number of carbonyl (C=O) groups excluding carboxylic acids is 3. The number of imide groups is 1. The summed E-state index contributed by atoms with van der Waals surface area (Å²) in [4.78, 5) is 41.0. The molecule has 2 atom stereocenters. The average molecular weight is 399 g/mol. The van der Waals surface area contributed by atoms with E-state index in [1.807, 2.05) is 19.2 Å². The zero-order valence-electron chi connectivity index (χ0n) is 17.1. The van der Waals surface area contributed by atoms with Gasteiger partial charge in [-0.2, -0.15) is 0 Å². The van der Waals surface area contributed by atoms with Crippen LogP contribution >= 0.6 is 0 Å². The van der Waals surface area contributed by atoms with Gasteiger partial charge in [-0.25, -0.2) is 0 Å². The van der Waals surface area contributed by atoms with Crippen LogP contribution in [-0.2, 0) is 22.7 Å². The van der Waals surface area contributed by atoms with Crippen LogP contribution in [0.1, 0.15) is 60.0 Å². The summed E-state index contributed by atoms with van der Waals surface area (Å²) in [6, 6.07) is 5.94. The molecule has 2 N–H and O–H groups in total. The second kappa shape index (κ2) is 8.63. The van der Waals surface area contributed by atoms with Crippen molar-refractivity contribution in [3.05, 3.63) is 34.9 Å². The van der Waals surface area contributed by atoms with Gasteiger partial charge < -0.3 is 10.2 Å². The first kappa shape index (κ1) is 20.0. The maximum atomic E-state index is 13.0. The molecule has 2 saturated heterocycles. The Bertz CT molecular complexity index is 809. The molecular formula is C22H30N4O3. The van der Waals surface area contributed by atoms with E-state index < -0.39 is 6.04 Å². The van der Waals surface area contributed by atoms with E-state index in [4.69, 9.17) is 0 Å². The third kappa shape index (κ3) is 4.07. The molecule has 7 nitrogen and oxygen atoms in total. The minimum Gasteiger partial charge on any atom is -0.322 e. The molecule has 1 aromatic rings. The number of hydrogen-bond acceptors (Lipinski definition) is 5. The Morgan fingerprint density at radius 3 is 2.83 bits per heavy atom. The van der Waals surface area contributed by atoms with Gasteiger partial charge in [0.05, 0.1) is 0 Å². The largest absolute Gasteiger partial charge is 0.322 e. The molecule has 0 saturated carbocycles. The van der Waals surface area contributed by atoms with Crippen molar-refractivity contribution in [2.45, 2.75) is 63.7 Å². The molecule has 1 aromatic carbocycles. The van der Waals surface area contributed by atoms with Gasteiger partial charge in [-0.3, -0.25) is 24.6 Å². The number of likely N-dealkylation sites (tertiary alicyclic amines) is 1. The van der Waals surface area contributed by atoms with Crippen molar-refractivity contribution in [2.75, 3.05) is 20.1 Å². The highest BCUT2D eigenvalue weighted by molar-refractivity contribution is 6.05. The topological polar surface area (TPSA) is 81.8 Å². The van der Waals surface area contributed by atoms with E-state index in [1.54, 1.807) is 4.90 Å². The SMILES string of the molecule is CNCCC1CCCCN1Cc1cccc2c1CN(C1CCC(=O)NC1=O)C2=O. The zero-order valence-corrected chi connectivity index (χ0v) is 17.1. The molecule has 0 spiro atoms. The number of carbonyl (C=O) groups is 3. The molecular weight excluding hydrogens is 368 g/mol. The molecule has 2 unspecified atom stereocenters. The quantitative estimate of drug-likeness (QED) is 0.708. The van der Waals surface area contributed by atoms with E-state index in [1.165, 1.54) is 24.8 Å². The standard InChI is InChI=1S/C22H30N4O3/c1-23-11-10-16-6-2-3-12-25(16)13-15-5-4-7-17-18(15)14-26(22(17)29)19-8-9-20(27)24-21(19)28/h4-5,7,16,19,23H,2-3,6,8-14H2,1H3,(H,24,27,28). The van der Waals surface area contributed by atoms with Crippen molar-refractivity contribution in [3.8, 4) is 0 Å². The number of piperidine rings is 2. The lowest BCUT2D eigenvalue weighted by Crippen LogP contribution is -2.52. The van der Waals surface area contributed by atoms with Gasteiger partial charge in [0.2, 0.25) is 11.8 Å². The van der Waals surface area contributed by atoms with Crippen LogP contribution in [0.4, 0.5) is 0 Å². The van der Waals surface area contributed by atoms with E-state index in [0.29, 0.717) is 24.6 Å². The van der Waals surface area contributed by atoms with Crippen LogP contribution in [0.5, 0.6) is 0 Å². The molecule has 7 heteroatoms. The molecule has 3 heterocycles. The summed E-state index contributed by atoms with van der Waals surface area (Å²) in [5.41, 5.74) is 2.93.